The molecule has 8 aromatic rings. The largest absolute Gasteiger partial charge is 0.0622 e. The Kier molecular flexibility index (Phi) is 11.3. The highest BCUT2D eigenvalue weighted by molar-refractivity contribution is 6.35. The third-order valence-electron chi connectivity index (χ3n) is 9.93. The summed E-state index contributed by atoms with van der Waals surface area (Å²) < 4.78 is 0. The van der Waals surface area contributed by atoms with Crippen molar-refractivity contribution < 1.29 is 0 Å². The van der Waals surface area contributed by atoms with Crippen LogP contribution in [0.25, 0.3) is 45.6 Å². The van der Waals surface area contributed by atoms with Gasteiger partial charge in [-0.2, -0.15) is 0 Å². The van der Waals surface area contributed by atoms with Crippen molar-refractivity contribution in [3.8, 4) is 0 Å². The summed E-state index contributed by atoms with van der Waals surface area (Å²) >= 11 is 0. The maximum absolute atomic E-state index is 2.35. The van der Waals surface area contributed by atoms with Crippen LogP contribution in [0, 0.1) is 0 Å². The van der Waals surface area contributed by atoms with Crippen molar-refractivity contribution in [3.63, 3.8) is 0 Å². The molecule has 0 radical (unpaired) electrons. The fraction of sp³-hybridized carbons (Fsp3) is 0. The summed E-state index contributed by atoms with van der Waals surface area (Å²) in [5.41, 5.74) is 15.9. The molecule has 0 atom stereocenters. The molecule has 0 saturated carbocycles. The number of allylic oxidation sites excluding steroid dienone is 6. The van der Waals surface area contributed by atoms with E-state index in [9.17, 15) is 0 Å². The molecule has 8 aromatic carbocycles. The van der Waals surface area contributed by atoms with Gasteiger partial charge in [0.1, 0.15) is 0 Å². The average Bonchev–Trinajstić information content (AvgIpc) is 3.29. The minimum absolute atomic E-state index is 1.13. The lowest BCUT2D eigenvalue weighted by atomic mass is 9.76. The summed E-state index contributed by atoms with van der Waals surface area (Å²) in [6.07, 6.45) is 4.70. The Labute approximate surface area is 331 Å². The molecule has 0 fully saturated rings. The highest BCUT2D eigenvalue weighted by Gasteiger charge is 2.27. The lowest BCUT2D eigenvalue weighted by Gasteiger charge is -2.27. The third kappa shape index (κ3) is 8.26. The topological polar surface area (TPSA) is 0 Å². The summed E-state index contributed by atoms with van der Waals surface area (Å²) in [7, 11) is 0. The first-order chi connectivity index (χ1) is 27.8. The van der Waals surface area contributed by atoms with Crippen molar-refractivity contribution in [3.05, 3.63) is 287 Å². The molecular formula is C56H42. The van der Waals surface area contributed by atoms with Gasteiger partial charge in [0.05, 0.1) is 0 Å². The number of hydrogen-bond donors (Lipinski definition) is 0. The molecule has 0 amide bonds. The Hall–Kier alpha value is -7.28. The van der Waals surface area contributed by atoms with Crippen molar-refractivity contribution in [1.29, 1.82) is 0 Å². The van der Waals surface area contributed by atoms with Crippen LogP contribution in [0.1, 0.15) is 44.5 Å². The van der Waals surface area contributed by atoms with Gasteiger partial charge >= 0.3 is 0 Å². The molecule has 56 heavy (non-hydrogen) atoms. The number of benzene rings is 8. The Morgan fingerprint density at radius 2 is 0.393 bits per heavy atom. The van der Waals surface area contributed by atoms with Crippen molar-refractivity contribution >= 4 is 45.6 Å². The van der Waals surface area contributed by atoms with Gasteiger partial charge < -0.3 is 0 Å². The van der Waals surface area contributed by atoms with Crippen LogP contribution < -0.4 is 0 Å². The summed E-state index contributed by atoms with van der Waals surface area (Å²) in [5.74, 6) is 0. The third-order valence-corrected chi connectivity index (χ3v) is 9.93. The maximum atomic E-state index is 2.35. The van der Waals surface area contributed by atoms with Gasteiger partial charge in [0, 0.05) is 0 Å². The Balaban J connectivity index is 1.64. The summed E-state index contributed by atoms with van der Waals surface area (Å²) in [6, 6.07) is 86.7. The molecule has 8 rings (SSSR count). The smallest absolute Gasteiger partial charge is 0.00141 e. The fourth-order valence-corrected chi connectivity index (χ4v) is 7.38. The van der Waals surface area contributed by atoms with Crippen LogP contribution in [0.5, 0.6) is 0 Å². The summed E-state index contributed by atoms with van der Waals surface area (Å²) in [5, 5.41) is 0. The first-order valence-corrected chi connectivity index (χ1v) is 19.2. The van der Waals surface area contributed by atoms with E-state index in [1.165, 1.54) is 0 Å². The van der Waals surface area contributed by atoms with Crippen LogP contribution in [-0.2, 0) is 0 Å². The zero-order valence-corrected chi connectivity index (χ0v) is 31.2. The van der Waals surface area contributed by atoms with Gasteiger partial charge in [-0.25, -0.2) is 0 Å². The second-order valence-corrected chi connectivity index (χ2v) is 13.6. The maximum Gasteiger partial charge on any atom is -0.00141 e. The molecule has 0 aliphatic heterocycles. The van der Waals surface area contributed by atoms with Gasteiger partial charge in [-0.15, -0.1) is 0 Å². The van der Waals surface area contributed by atoms with E-state index in [1.54, 1.807) is 0 Å². The molecule has 0 aliphatic rings. The first kappa shape index (κ1) is 35.7. The van der Waals surface area contributed by atoms with Gasteiger partial charge in [-0.05, 0) is 90.1 Å². The van der Waals surface area contributed by atoms with E-state index in [-0.39, 0.29) is 0 Å². The quantitative estimate of drug-likeness (QED) is 0.0924. The monoisotopic (exact) mass is 714 g/mol. The SMILES string of the molecule is C(=C(/C(=C(\C(=C(\C(=C\c1ccccc1)c1ccccc1)c1ccccc1)c1ccccc1)c1ccccc1)c1ccccc1)c1ccccc1)\c1ccccc1. The van der Waals surface area contributed by atoms with E-state index >= 15 is 0 Å². The lowest BCUT2D eigenvalue weighted by molar-refractivity contribution is 1.54. The molecule has 0 spiro atoms. The molecule has 0 nitrogen and oxygen atoms in total. The van der Waals surface area contributed by atoms with Gasteiger partial charge in [0.2, 0.25) is 0 Å². The van der Waals surface area contributed by atoms with E-state index < -0.39 is 0 Å². The predicted molar refractivity (Wildman–Crippen MR) is 241 cm³/mol. The van der Waals surface area contributed by atoms with Gasteiger partial charge in [0.15, 0.2) is 0 Å². The molecule has 0 N–H and O–H groups in total. The van der Waals surface area contributed by atoms with Crippen LogP contribution in [0.3, 0.4) is 0 Å². The molecule has 0 bridgehead atoms. The van der Waals surface area contributed by atoms with E-state index in [0.29, 0.717) is 0 Å². The van der Waals surface area contributed by atoms with Gasteiger partial charge in [-0.1, -0.05) is 243 Å². The van der Waals surface area contributed by atoms with E-state index in [2.05, 4.69) is 255 Å². The molecule has 0 unspecified atom stereocenters. The van der Waals surface area contributed by atoms with Gasteiger partial charge in [0.25, 0.3) is 0 Å². The number of rotatable bonds is 11. The second-order valence-electron chi connectivity index (χ2n) is 13.6. The van der Waals surface area contributed by atoms with E-state index in [1.807, 2.05) is 0 Å². The second kappa shape index (κ2) is 17.7. The first-order valence-electron chi connectivity index (χ1n) is 19.2. The van der Waals surface area contributed by atoms with Crippen LogP contribution in [0.4, 0.5) is 0 Å². The van der Waals surface area contributed by atoms with Crippen LogP contribution in [0.15, 0.2) is 243 Å². The van der Waals surface area contributed by atoms with Crippen LogP contribution in [-0.4, -0.2) is 0 Å². The van der Waals surface area contributed by atoms with Crippen LogP contribution in [0.2, 0.25) is 0 Å². The van der Waals surface area contributed by atoms with E-state index in [0.717, 1.165) is 77.9 Å². The fourth-order valence-electron chi connectivity index (χ4n) is 7.38. The Morgan fingerprint density at radius 3 is 0.643 bits per heavy atom. The molecule has 0 heteroatoms. The predicted octanol–water partition coefficient (Wildman–Crippen LogP) is 14.7. The average molecular weight is 715 g/mol. The summed E-state index contributed by atoms with van der Waals surface area (Å²) in [4.78, 5) is 0. The number of hydrogen-bond acceptors (Lipinski definition) is 0. The lowest BCUT2D eigenvalue weighted by Crippen LogP contribution is -2.04. The minimum Gasteiger partial charge on any atom is -0.0622 e. The zero-order chi connectivity index (χ0) is 37.8. The molecule has 0 aliphatic carbocycles. The molecule has 0 heterocycles. The van der Waals surface area contributed by atoms with Gasteiger partial charge in [-0.3, -0.25) is 0 Å². The zero-order valence-electron chi connectivity index (χ0n) is 31.2. The standard InChI is InChI=1S/C56H42/c1-9-25-43(26-10-1)41-51(45-29-13-3-14-30-45)53(47-33-17-5-18-34-47)55(49-37-21-7-22-38-49)56(50-39-23-8-24-40-50)54(48-35-19-6-20-36-48)52(46-31-15-4-16-32-46)42-44-27-11-2-12-28-44/h1-42H/b51-41+,52-42+,55-53-,56-54+. The van der Waals surface area contributed by atoms with Crippen molar-refractivity contribution in [2.75, 3.05) is 0 Å². The van der Waals surface area contributed by atoms with Crippen molar-refractivity contribution in [2.24, 2.45) is 0 Å². The van der Waals surface area contributed by atoms with Crippen molar-refractivity contribution in [2.45, 2.75) is 0 Å². The molecular weight excluding hydrogens is 673 g/mol. The Morgan fingerprint density at radius 1 is 0.196 bits per heavy atom. The van der Waals surface area contributed by atoms with Crippen molar-refractivity contribution in [1.82, 2.24) is 0 Å². The van der Waals surface area contributed by atoms with E-state index in [4.69, 9.17) is 0 Å². The highest BCUT2D eigenvalue weighted by Crippen LogP contribution is 2.50. The molecule has 0 aromatic heterocycles. The molecule has 266 valence electrons. The molecule has 0 saturated heterocycles. The minimum atomic E-state index is 1.13. The summed E-state index contributed by atoms with van der Waals surface area (Å²) in [6.45, 7) is 0. The highest BCUT2D eigenvalue weighted by atomic mass is 14.3. The Bertz CT molecular complexity index is 2400. The van der Waals surface area contributed by atoms with Crippen LogP contribution >= 0.6 is 0 Å². The normalized spacial score (nSPS) is 12.7.